The van der Waals surface area contributed by atoms with Gasteiger partial charge in [0.1, 0.15) is 5.82 Å². The van der Waals surface area contributed by atoms with Crippen molar-refractivity contribution in [3.8, 4) is 0 Å². The minimum atomic E-state index is -0.808. The van der Waals surface area contributed by atoms with Crippen molar-refractivity contribution in [3.05, 3.63) is 18.1 Å². The van der Waals surface area contributed by atoms with Crippen LogP contribution in [-0.4, -0.2) is 47.2 Å². The van der Waals surface area contributed by atoms with E-state index in [9.17, 15) is 4.79 Å². The van der Waals surface area contributed by atoms with Gasteiger partial charge in [0.05, 0.1) is 12.2 Å². The van der Waals surface area contributed by atoms with Crippen molar-refractivity contribution in [1.29, 1.82) is 0 Å². The molecule has 2 N–H and O–H groups in total. The van der Waals surface area contributed by atoms with Crippen LogP contribution in [0.5, 0.6) is 0 Å². The maximum absolute atomic E-state index is 10.5. The number of aliphatic carboxylic acids is 1. The maximum atomic E-state index is 10.5. The quantitative estimate of drug-likeness (QED) is 0.814. The molecule has 1 saturated heterocycles. The maximum Gasteiger partial charge on any atom is 0.317 e. The summed E-state index contributed by atoms with van der Waals surface area (Å²) in [6.45, 7) is 4.64. The summed E-state index contributed by atoms with van der Waals surface area (Å²) >= 11 is 0. The summed E-state index contributed by atoms with van der Waals surface area (Å²) in [4.78, 5) is 21.4. The molecule has 1 aromatic rings. The molecule has 1 aliphatic heterocycles. The van der Waals surface area contributed by atoms with Crippen LogP contribution >= 0.6 is 0 Å². The Bertz CT molecular complexity index is 438. The Balaban J connectivity index is 1.90. The van der Waals surface area contributed by atoms with Gasteiger partial charge in [-0.05, 0) is 25.7 Å². The van der Waals surface area contributed by atoms with Crippen molar-refractivity contribution in [2.24, 2.45) is 5.92 Å². The zero-order valence-corrected chi connectivity index (χ0v) is 11.2. The lowest BCUT2D eigenvalue weighted by Gasteiger charge is -2.34. The molecule has 1 aromatic heterocycles. The summed E-state index contributed by atoms with van der Waals surface area (Å²) in [5.74, 6) is 0.609. The molecule has 19 heavy (non-hydrogen) atoms. The zero-order valence-electron chi connectivity index (χ0n) is 11.2. The monoisotopic (exact) mass is 264 g/mol. The van der Waals surface area contributed by atoms with E-state index in [2.05, 4.69) is 20.2 Å². The molecule has 104 valence electrons. The summed E-state index contributed by atoms with van der Waals surface area (Å²) in [5, 5.41) is 11.6. The molecule has 0 radical (unpaired) electrons. The second kappa shape index (κ2) is 6.47. The van der Waals surface area contributed by atoms with E-state index in [1.807, 2.05) is 6.92 Å². The first-order chi connectivity index (χ1) is 9.16. The molecule has 2 heterocycles. The second-order valence-corrected chi connectivity index (χ2v) is 4.94. The van der Waals surface area contributed by atoms with Crippen LogP contribution in [0.15, 0.2) is 12.4 Å². The van der Waals surface area contributed by atoms with Crippen LogP contribution in [0.1, 0.15) is 18.5 Å². The number of nitrogens with one attached hydrogen (secondary N) is 1. The Morgan fingerprint density at radius 3 is 3.05 bits per heavy atom. The van der Waals surface area contributed by atoms with Gasteiger partial charge >= 0.3 is 5.97 Å². The number of carboxylic acid groups (broad SMARTS) is 1. The number of carboxylic acids is 1. The Hall–Kier alpha value is -1.69. The zero-order chi connectivity index (χ0) is 13.7. The van der Waals surface area contributed by atoms with Gasteiger partial charge in [-0.1, -0.05) is 0 Å². The second-order valence-electron chi connectivity index (χ2n) is 4.94. The Kier molecular flexibility index (Phi) is 4.68. The van der Waals surface area contributed by atoms with Gasteiger partial charge < -0.3 is 15.3 Å². The van der Waals surface area contributed by atoms with Gasteiger partial charge in [-0.15, -0.1) is 0 Å². The van der Waals surface area contributed by atoms with Crippen molar-refractivity contribution in [2.75, 3.05) is 31.1 Å². The van der Waals surface area contributed by atoms with Gasteiger partial charge in [-0.3, -0.25) is 9.78 Å². The third kappa shape index (κ3) is 3.89. The molecular formula is C13H20N4O2. The molecule has 0 spiro atoms. The fraction of sp³-hybridized carbons (Fsp3) is 0.615. The van der Waals surface area contributed by atoms with Gasteiger partial charge in [0.2, 0.25) is 0 Å². The number of rotatable bonds is 5. The third-order valence-corrected chi connectivity index (χ3v) is 3.38. The van der Waals surface area contributed by atoms with Gasteiger partial charge in [0.25, 0.3) is 0 Å². The fourth-order valence-corrected chi connectivity index (χ4v) is 2.52. The van der Waals surface area contributed by atoms with Gasteiger partial charge in [-0.25, -0.2) is 4.98 Å². The summed E-state index contributed by atoms with van der Waals surface area (Å²) in [6.07, 6.45) is 5.65. The first kappa shape index (κ1) is 13.7. The van der Waals surface area contributed by atoms with Gasteiger partial charge in [-0.2, -0.15) is 0 Å². The molecule has 0 saturated carbocycles. The van der Waals surface area contributed by atoms with Crippen LogP contribution in [0.3, 0.4) is 0 Å². The van der Waals surface area contributed by atoms with Gasteiger partial charge in [0.15, 0.2) is 0 Å². The Labute approximate surface area is 112 Å². The van der Waals surface area contributed by atoms with E-state index in [1.54, 1.807) is 12.4 Å². The summed E-state index contributed by atoms with van der Waals surface area (Å²) in [6, 6.07) is 0. The largest absolute Gasteiger partial charge is 0.480 e. The van der Waals surface area contributed by atoms with Crippen molar-refractivity contribution in [3.63, 3.8) is 0 Å². The van der Waals surface area contributed by atoms with Crippen molar-refractivity contribution in [2.45, 2.75) is 19.8 Å². The van der Waals surface area contributed by atoms with Crippen molar-refractivity contribution >= 4 is 11.8 Å². The molecule has 0 amide bonds. The summed E-state index contributed by atoms with van der Waals surface area (Å²) in [7, 11) is 0. The average Bonchev–Trinajstić information content (AvgIpc) is 2.39. The third-order valence-electron chi connectivity index (χ3n) is 3.38. The highest BCUT2D eigenvalue weighted by Gasteiger charge is 2.22. The first-order valence-corrected chi connectivity index (χ1v) is 6.62. The smallest absolute Gasteiger partial charge is 0.317 e. The van der Waals surface area contributed by atoms with Crippen LogP contribution < -0.4 is 10.2 Å². The molecule has 0 aromatic carbocycles. The lowest BCUT2D eigenvalue weighted by molar-refractivity contribution is -0.136. The van der Waals surface area contributed by atoms with Gasteiger partial charge in [0, 0.05) is 32.0 Å². The number of aromatic nitrogens is 2. The molecule has 6 heteroatoms. The molecule has 0 bridgehead atoms. The van der Waals surface area contributed by atoms with Crippen LogP contribution in [0.2, 0.25) is 0 Å². The molecule has 1 unspecified atom stereocenters. The van der Waals surface area contributed by atoms with Crippen molar-refractivity contribution in [1.82, 2.24) is 15.3 Å². The van der Waals surface area contributed by atoms with E-state index in [1.165, 1.54) is 0 Å². The predicted octanol–water partition coefficient (Wildman–Crippen LogP) is 0.676. The number of hydrogen-bond acceptors (Lipinski definition) is 5. The number of carbonyl (C=O) groups is 1. The molecule has 1 atom stereocenters. The predicted molar refractivity (Wildman–Crippen MR) is 72.2 cm³/mol. The number of piperidine rings is 1. The number of nitrogens with zero attached hydrogens (tertiary/aromatic N) is 3. The van der Waals surface area contributed by atoms with E-state index in [4.69, 9.17) is 5.11 Å². The normalized spacial score (nSPS) is 19.4. The standard InChI is InChI=1S/C13H20N4O2/c1-10-13(16-5-4-15-10)17-6-2-3-11(9-17)7-14-8-12(18)19/h4-5,11,14H,2-3,6-9H2,1H3,(H,18,19). The van der Waals surface area contributed by atoms with Crippen LogP contribution in [0.4, 0.5) is 5.82 Å². The van der Waals surface area contributed by atoms with Crippen LogP contribution in [-0.2, 0) is 4.79 Å². The molecule has 6 nitrogen and oxygen atoms in total. The minimum absolute atomic E-state index is 0.0284. The molecule has 1 aliphatic rings. The first-order valence-electron chi connectivity index (χ1n) is 6.62. The van der Waals surface area contributed by atoms with Crippen LogP contribution in [0.25, 0.3) is 0 Å². The lowest BCUT2D eigenvalue weighted by Crippen LogP contribution is -2.41. The van der Waals surface area contributed by atoms with E-state index in [0.29, 0.717) is 5.92 Å². The highest BCUT2D eigenvalue weighted by Crippen LogP contribution is 2.22. The Morgan fingerprint density at radius 2 is 2.32 bits per heavy atom. The van der Waals surface area contributed by atoms with Crippen molar-refractivity contribution < 1.29 is 9.90 Å². The molecule has 1 fully saturated rings. The molecule has 2 rings (SSSR count). The molecular weight excluding hydrogens is 244 g/mol. The van der Waals surface area contributed by atoms with E-state index >= 15 is 0 Å². The minimum Gasteiger partial charge on any atom is -0.480 e. The van der Waals surface area contributed by atoms with Crippen LogP contribution in [0, 0.1) is 12.8 Å². The fourth-order valence-electron chi connectivity index (χ4n) is 2.52. The van der Waals surface area contributed by atoms with E-state index < -0.39 is 5.97 Å². The van der Waals surface area contributed by atoms with E-state index in [0.717, 1.165) is 44.0 Å². The summed E-state index contributed by atoms with van der Waals surface area (Å²) < 4.78 is 0. The number of hydrogen-bond donors (Lipinski definition) is 2. The lowest BCUT2D eigenvalue weighted by atomic mass is 9.98. The highest BCUT2D eigenvalue weighted by atomic mass is 16.4. The number of anilines is 1. The summed E-state index contributed by atoms with van der Waals surface area (Å²) in [5.41, 5.74) is 0.946. The molecule has 0 aliphatic carbocycles. The Morgan fingerprint density at radius 1 is 1.53 bits per heavy atom. The highest BCUT2D eigenvalue weighted by molar-refractivity contribution is 5.68. The number of aryl methyl sites for hydroxylation is 1. The topological polar surface area (TPSA) is 78.4 Å². The SMILES string of the molecule is Cc1nccnc1N1CCCC(CNCC(=O)O)C1. The average molecular weight is 264 g/mol. The van der Waals surface area contributed by atoms with E-state index in [-0.39, 0.29) is 6.54 Å².